The number of hydrogen-bond donors (Lipinski definition) is 0. The molecule has 2 aromatic heterocycles. The number of rotatable bonds is 4. The van der Waals surface area contributed by atoms with Gasteiger partial charge in [-0.25, -0.2) is 0 Å². The lowest BCUT2D eigenvalue weighted by Gasteiger charge is -2.00. The number of aromatic nitrogens is 5. The van der Waals surface area contributed by atoms with Crippen LogP contribution < -0.4 is 4.74 Å². The van der Waals surface area contributed by atoms with Gasteiger partial charge in [-0.15, -0.1) is 10.2 Å². The average molecular weight is 271 g/mol. The third-order valence-electron chi connectivity index (χ3n) is 2.76. The van der Waals surface area contributed by atoms with Crippen molar-refractivity contribution < 1.29 is 9.26 Å². The van der Waals surface area contributed by atoms with Crippen LogP contribution in [0.25, 0.3) is 11.4 Å². The Morgan fingerprint density at radius 2 is 2.20 bits per heavy atom. The van der Waals surface area contributed by atoms with Gasteiger partial charge in [-0.05, 0) is 24.3 Å². The highest BCUT2D eigenvalue weighted by atomic mass is 16.5. The molecule has 1 aromatic carbocycles. The third-order valence-corrected chi connectivity index (χ3v) is 2.76. The Kier molecular flexibility index (Phi) is 3.16. The van der Waals surface area contributed by atoms with Crippen molar-refractivity contribution in [2.24, 2.45) is 0 Å². The largest absolute Gasteiger partial charge is 0.497 e. The van der Waals surface area contributed by atoms with Crippen molar-refractivity contribution in [2.45, 2.75) is 13.5 Å². The molecule has 0 aliphatic rings. The number of hydrogen-bond acceptors (Lipinski definition) is 6. The molecule has 3 rings (SSSR count). The van der Waals surface area contributed by atoms with Gasteiger partial charge < -0.3 is 9.26 Å². The average Bonchev–Trinajstić information content (AvgIpc) is 3.09. The fourth-order valence-electron chi connectivity index (χ4n) is 1.83. The first-order valence-electron chi connectivity index (χ1n) is 6.09. The zero-order valence-electron chi connectivity index (χ0n) is 11.1. The second-order valence-electron chi connectivity index (χ2n) is 4.30. The van der Waals surface area contributed by atoms with Gasteiger partial charge in [0.25, 0.3) is 0 Å². The quantitative estimate of drug-likeness (QED) is 0.718. The molecule has 0 saturated carbocycles. The van der Waals surface area contributed by atoms with Crippen molar-refractivity contribution in [2.75, 3.05) is 7.11 Å². The van der Waals surface area contributed by atoms with Crippen molar-refractivity contribution in [3.8, 4) is 17.1 Å². The molecule has 3 aromatic rings. The topological polar surface area (TPSA) is 78.9 Å². The van der Waals surface area contributed by atoms with Gasteiger partial charge in [-0.3, -0.25) is 0 Å². The standard InChI is InChI=1S/C13H13N5O2/c1-9-6-11(16-20-9)8-18-15-13(14-17-18)10-4-3-5-12(7-10)19-2/h3-7H,8H2,1-2H3. The van der Waals surface area contributed by atoms with Gasteiger partial charge in [0.1, 0.15) is 23.7 Å². The summed E-state index contributed by atoms with van der Waals surface area (Å²) in [5.41, 5.74) is 1.61. The van der Waals surface area contributed by atoms with Crippen molar-refractivity contribution in [3.05, 3.63) is 41.8 Å². The highest BCUT2D eigenvalue weighted by Crippen LogP contribution is 2.19. The maximum absolute atomic E-state index is 5.18. The van der Waals surface area contributed by atoms with Gasteiger partial charge in [0.2, 0.25) is 5.82 Å². The Morgan fingerprint density at radius 3 is 2.95 bits per heavy atom. The van der Waals surface area contributed by atoms with Crippen LogP contribution in [0, 0.1) is 6.92 Å². The molecule has 0 atom stereocenters. The van der Waals surface area contributed by atoms with Crippen LogP contribution in [-0.4, -0.2) is 32.5 Å². The van der Waals surface area contributed by atoms with Crippen molar-refractivity contribution in [1.29, 1.82) is 0 Å². The van der Waals surface area contributed by atoms with E-state index in [4.69, 9.17) is 9.26 Å². The van der Waals surface area contributed by atoms with E-state index in [2.05, 4.69) is 20.6 Å². The molecule has 0 aliphatic heterocycles. The molecule has 0 saturated heterocycles. The third kappa shape index (κ3) is 2.51. The van der Waals surface area contributed by atoms with Crippen LogP contribution in [0.5, 0.6) is 5.75 Å². The van der Waals surface area contributed by atoms with E-state index in [-0.39, 0.29) is 0 Å². The molecule has 2 heterocycles. The molecule has 0 unspecified atom stereocenters. The van der Waals surface area contributed by atoms with E-state index in [1.54, 1.807) is 7.11 Å². The molecule has 102 valence electrons. The number of benzene rings is 1. The fourth-order valence-corrected chi connectivity index (χ4v) is 1.83. The highest BCUT2D eigenvalue weighted by Gasteiger charge is 2.09. The summed E-state index contributed by atoms with van der Waals surface area (Å²) < 4.78 is 10.2. The van der Waals surface area contributed by atoms with Gasteiger partial charge in [0.15, 0.2) is 0 Å². The van der Waals surface area contributed by atoms with Crippen LogP contribution in [0.15, 0.2) is 34.9 Å². The summed E-state index contributed by atoms with van der Waals surface area (Å²) in [4.78, 5) is 1.48. The van der Waals surface area contributed by atoms with E-state index in [1.165, 1.54) is 4.80 Å². The number of ether oxygens (including phenoxy) is 1. The Labute approximate surface area is 115 Å². The molecule has 0 bridgehead atoms. The molecule has 0 N–H and O–H groups in total. The lowest BCUT2D eigenvalue weighted by atomic mass is 10.2. The van der Waals surface area contributed by atoms with Crippen molar-refractivity contribution in [1.82, 2.24) is 25.4 Å². The minimum atomic E-state index is 0.425. The summed E-state index contributed by atoms with van der Waals surface area (Å²) in [7, 11) is 1.62. The lowest BCUT2D eigenvalue weighted by Crippen LogP contribution is -2.04. The molecule has 0 aliphatic carbocycles. The zero-order chi connectivity index (χ0) is 13.9. The smallest absolute Gasteiger partial charge is 0.205 e. The van der Waals surface area contributed by atoms with Gasteiger partial charge in [-0.2, -0.15) is 4.80 Å². The normalized spacial score (nSPS) is 10.7. The zero-order valence-corrected chi connectivity index (χ0v) is 11.1. The van der Waals surface area contributed by atoms with Crippen LogP contribution in [0.4, 0.5) is 0 Å². The Morgan fingerprint density at radius 1 is 1.30 bits per heavy atom. The summed E-state index contributed by atoms with van der Waals surface area (Å²) >= 11 is 0. The van der Waals surface area contributed by atoms with E-state index >= 15 is 0 Å². The van der Waals surface area contributed by atoms with Crippen molar-refractivity contribution in [3.63, 3.8) is 0 Å². The van der Waals surface area contributed by atoms with E-state index < -0.39 is 0 Å². The first-order valence-corrected chi connectivity index (χ1v) is 6.09. The maximum Gasteiger partial charge on any atom is 0.205 e. The minimum Gasteiger partial charge on any atom is -0.497 e. The second-order valence-corrected chi connectivity index (χ2v) is 4.30. The Hall–Kier alpha value is -2.70. The maximum atomic E-state index is 5.18. The summed E-state index contributed by atoms with van der Waals surface area (Å²) in [6.07, 6.45) is 0. The Bertz CT molecular complexity index is 719. The molecule has 7 heteroatoms. The number of aryl methyl sites for hydroxylation is 1. The molecular formula is C13H13N5O2. The number of nitrogens with zero attached hydrogens (tertiary/aromatic N) is 5. The summed E-state index contributed by atoms with van der Waals surface area (Å²) in [5.74, 6) is 2.06. The van der Waals surface area contributed by atoms with Crippen molar-refractivity contribution >= 4 is 0 Å². The van der Waals surface area contributed by atoms with E-state index in [1.807, 2.05) is 37.3 Å². The monoisotopic (exact) mass is 271 g/mol. The molecule has 7 nitrogen and oxygen atoms in total. The van der Waals surface area contributed by atoms with Gasteiger partial charge >= 0.3 is 0 Å². The predicted molar refractivity (Wildman–Crippen MR) is 70.1 cm³/mol. The molecule has 20 heavy (non-hydrogen) atoms. The van der Waals surface area contributed by atoms with Gasteiger partial charge in [-0.1, -0.05) is 17.3 Å². The van der Waals surface area contributed by atoms with Crippen LogP contribution >= 0.6 is 0 Å². The molecule has 0 spiro atoms. The van der Waals surface area contributed by atoms with Crippen LogP contribution in [0.1, 0.15) is 11.5 Å². The Balaban J connectivity index is 1.82. The van der Waals surface area contributed by atoms with Gasteiger partial charge in [0, 0.05) is 11.6 Å². The van der Waals surface area contributed by atoms with Crippen LogP contribution in [0.3, 0.4) is 0 Å². The first kappa shape index (κ1) is 12.3. The molecule has 0 fully saturated rings. The first-order chi connectivity index (χ1) is 9.74. The van der Waals surface area contributed by atoms with E-state index in [9.17, 15) is 0 Å². The van der Waals surface area contributed by atoms with Crippen LogP contribution in [0.2, 0.25) is 0 Å². The number of tetrazole rings is 1. The minimum absolute atomic E-state index is 0.425. The number of methoxy groups -OCH3 is 1. The summed E-state index contributed by atoms with van der Waals surface area (Å²) in [5, 5.41) is 16.3. The summed E-state index contributed by atoms with van der Waals surface area (Å²) in [6.45, 7) is 2.27. The van der Waals surface area contributed by atoms with Gasteiger partial charge in [0.05, 0.1) is 7.11 Å². The fraction of sp³-hybridized carbons (Fsp3) is 0.231. The molecular weight excluding hydrogens is 258 g/mol. The lowest BCUT2D eigenvalue weighted by molar-refractivity contribution is 0.385. The second kappa shape index (κ2) is 5.12. The van der Waals surface area contributed by atoms with Crippen LogP contribution in [-0.2, 0) is 6.54 Å². The SMILES string of the molecule is COc1cccc(-c2nnn(Cc3cc(C)on3)n2)c1. The van der Waals surface area contributed by atoms with E-state index in [0.29, 0.717) is 12.4 Å². The predicted octanol–water partition coefficient (Wildman–Crippen LogP) is 1.69. The molecule has 0 radical (unpaired) electrons. The highest BCUT2D eigenvalue weighted by molar-refractivity contribution is 5.56. The molecule has 0 amide bonds. The summed E-state index contributed by atoms with van der Waals surface area (Å²) in [6, 6.07) is 9.36. The van der Waals surface area contributed by atoms with E-state index in [0.717, 1.165) is 22.8 Å².